The molecular weight excluding hydrogens is 335 g/mol. The zero-order chi connectivity index (χ0) is 18.2. The lowest BCUT2D eigenvalue weighted by atomic mass is 10.0. The molecule has 3 aromatic rings. The molecule has 0 spiro atoms. The van der Waals surface area contributed by atoms with Crippen molar-refractivity contribution in [2.45, 2.75) is 13.0 Å². The van der Waals surface area contributed by atoms with Gasteiger partial charge in [-0.15, -0.1) is 0 Å². The van der Waals surface area contributed by atoms with Gasteiger partial charge in [-0.1, -0.05) is 48.5 Å². The minimum atomic E-state index is -0.112. The van der Waals surface area contributed by atoms with Gasteiger partial charge in [0.25, 0.3) is 0 Å². The highest BCUT2D eigenvalue weighted by molar-refractivity contribution is 5.76. The van der Waals surface area contributed by atoms with E-state index >= 15 is 0 Å². The van der Waals surface area contributed by atoms with Gasteiger partial charge in [0.15, 0.2) is 0 Å². The van der Waals surface area contributed by atoms with Crippen molar-refractivity contribution >= 4 is 5.69 Å². The van der Waals surface area contributed by atoms with Gasteiger partial charge in [-0.25, -0.2) is 4.39 Å². The molecular formula is C24H24FN2+. The molecule has 1 fully saturated rings. The summed E-state index contributed by atoms with van der Waals surface area (Å²) >= 11 is 0. The molecule has 1 heterocycles. The zero-order valence-corrected chi connectivity index (χ0v) is 15.4. The molecule has 3 heteroatoms. The Labute approximate surface area is 159 Å². The number of piperazine rings is 1. The average Bonchev–Trinajstić information content (AvgIpc) is 3.07. The van der Waals surface area contributed by atoms with E-state index in [1.54, 1.807) is 17.0 Å². The van der Waals surface area contributed by atoms with Crippen LogP contribution >= 0.6 is 0 Å². The van der Waals surface area contributed by atoms with Crippen LogP contribution in [0.25, 0.3) is 11.1 Å². The highest BCUT2D eigenvalue weighted by atomic mass is 19.1. The smallest absolute Gasteiger partial charge is 0.146 e. The fraction of sp³-hybridized carbons (Fsp3) is 0.250. The Bertz CT molecular complexity index is 974. The zero-order valence-electron chi connectivity index (χ0n) is 15.4. The second kappa shape index (κ2) is 6.82. The Morgan fingerprint density at radius 1 is 0.815 bits per heavy atom. The van der Waals surface area contributed by atoms with Crippen LogP contribution in [0.2, 0.25) is 0 Å². The number of hydrogen-bond donors (Lipinski definition) is 1. The first-order valence-electron chi connectivity index (χ1n) is 9.81. The molecule has 0 aromatic heterocycles. The number of fused-ring (bicyclic) bond motifs is 3. The van der Waals surface area contributed by atoms with E-state index in [1.807, 2.05) is 12.1 Å². The monoisotopic (exact) mass is 359 g/mol. The van der Waals surface area contributed by atoms with Gasteiger partial charge in [0.1, 0.15) is 12.4 Å². The third-order valence-corrected chi connectivity index (χ3v) is 5.98. The van der Waals surface area contributed by atoms with Crippen LogP contribution in [0, 0.1) is 5.82 Å². The number of halogens is 1. The maximum absolute atomic E-state index is 14.0. The van der Waals surface area contributed by atoms with E-state index in [0.29, 0.717) is 0 Å². The summed E-state index contributed by atoms with van der Waals surface area (Å²) in [5.41, 5.74) is 7.84. The first kappa shape index (κ1) is 16.5. The number of hydrogen-bond acceptors (Lipinski definition) is 1. The Kier molecular flexibility index (Phi) is 4.17. The third-order valence-electron chi connectivity index (χ3n) is 5.98. The van der Waals surface area contributed by atoms with Crippen LogP contribution in [-0.4, -0.2) is 26.2 Å². The highest BCUT2D eigenvalue weighted by Gasteiger charge is 2.23. The molecule has 1 aliphatic heterocycles. The predicted octanol–water partition coefficient (Wildman–Crippen LogP) is 3.30. The molecule has 136 valence electrons. The van der Waals surface area contributed by atoms with E-state index in [0.717, 1.165) is 44.8 Å². The summed E-state index contributed by atoms with van der Waals surface area (Å²) in [6.07, 6.45) is 1.05. The van der Waals surface area contributed by atoms with Crippen LogP contribution in [0.15, 0.2) is 66.7 Å². The van der Waals surface area contributed by atoms with Crippen molar-refractivity contribution in [1.29, 1.82) is 0 Å². The molecule has 1 aliphatic carbocycles. The van der Waals surface area contributed by atoms with Crippen LogP contribution in [-0.2, 0) is 13.0 Å². The lowest BCUT2D eigenvalue weighted by molar-refractivity contribution is -0.914. The van der Waals surface area contributed by atoms with Gasteiger partial charge in [0.05, 0.1) is 31.9 Å². The summed E-state index contributed by atoms with van der Waals surface area (Å²) in [5.74, 6) is -0.112. The van der Waals surface area contributed by atoms with Gasteiger partial charge in [0.2, 0.25) is 0 Å². The number of anilines is 1. The molecule has 2 aliphatic rings. The van der Waals surface area contributed by atoms with Crippen molar-refractivity contribution in [1.82, 2.24) is 0 Å². The second-order valence-corrected chi connectivity index (χ2v) is 7.69. The molecule has 0 atom stereocenters. The third kappa shape index (κ3) is 3.13. The number of rotatable bonds is 3. The lowest BCUT2D eigenvalue weighted by Crippen LogP contribution is -3.13. The van der Waals surface area contributed by atoms with Crippen molar-refractivity contribution in [3.8, 4) is 11.1 Å². The van der Waals surface area contributed by atoms with E-state index in [2.05, 4.69) is 47.4 Å². The molecule has 1 saturated heterocycles. The largest absolute Gasteiger partial charge is 0.358 e. The molecule has 5 rings (SSSR count). The van der Waals surface area contributed by atoms with Crippen molar-refractivity contribution < 1.29 is 9.29 Å². The van der Waals surface area contributed by atoms with Crippen LogP contribution in [0.3, 0.4) is 0 Å². The number of benzene rings is 3. The first-order valence-corrected chi connectivity index (χ1v) is 9.81. The van der Waals surface area contributed by atoms with Crippen LogP contribution in [0.4, 0.5) is 10.1 Å². The molecule has 0 bridgehead atoms. The van der Waals surface area contributed by atoms with Gasteiger partial charge < -0.3 is 9.80 Å². The van der Waals surface area contributed by atoms with Crippen molar-refractivity contribution in [2.75, 3.05) is 31.1 Å². The summed E-state index contributed by atoms with van der Waals surface area (Å²) in [4.78, 5) is 3.76. The van der Waals surface area contributed by atoms with Gasteiger partial charge in [0, 0.05) is 5.56 Å². The summed E-state index contributed by atoms with van der Waals surface area (Å²) in [6, 6.07) is 22.8. The van der Waals surface area contributed by atoms with E-state index in [9.17, 15) is 4.39 Å². The molecule has 0 saturated carbocycles. The van der Waals surface area contributed by atoms with Crippen molar-refractivity contribution in [2.24, 2.45) is 0 Å². The van der Waals surface area contributed by atoms with Gasteiger partial charge in [-0.05, 0) is 46.9 Å². The molecule has 27 heavy (non-hydrogen) atoms. The van der Waals surface area contributed by atoms with Crippen LogP contribution in [0.5, 0.6) is 0 Å². The molecule has 0 unspecified atom stereocenters. The first-order chi connectivity index (χ1) is 13.3. The molecule has 0 amide bonds. The highest BCUT2D eigenvalue weighted by Crippen LogP contribution is 2.36. The molecule has 2 nitrogen and oxygen atoms in total. The maximum atomic E-state index is 14.0. The van der Waals surface area contributed by atoms with Crippen molar-refractivity contribution in [3.05, 3.63) is 89.2 Å². The molecule has 1 N–H and O–H groups in total. The predicted molar refractivity (Wildman–Crippen MR) is 108 cm³/mol. The minimum absolute atomic E-state index is 0.112. The summed E-state index contributed by atoms with van der Waals surface area (Å²) in [5, 5.41) is 0. The summed E-state index contributed by atoms with van der Waals surface area (Å²) < 4.78 is 14.0. The second-order valence-electron chi connectivity index (χ2n) is 7.69. The number of nitrogens with zero attached hydrogens (tertiary/aromatic N) is 1. The van der Waals surface area contributed by atoms with Crippen molar-refractivity contribution in [3.63, 3.8) is 0 Å². The quantitative estimate of drug-likeness (QED) is 0.590. The number of nitrogens with one attached hydrogen (secondary N) is 1. The SMILES string of the molecule is Fc1ccccc1N1CC[NH+](Cc2ccc3c(c2)Cc2ccccc2-3)CC1. The Balaban J connectivity index is 1.25. The average molecular weight is 359 g/mol. The van der Waals surface area contributed by atoms with E-state index in [1.165, 1.54) is 27.8 Å². The van der Waals surface area contributed by atoms with Gasteiger partial charge >= 0.3 is 0 Å². The standard InChI is InChI=1S/C24H23FN2/c25-23-7-3-4-8-24(23)27-13-11-26(12-14-27)17-18-9-10-22-20(15-18)16-19-5-1-2-6-21(19)22/h1-10,15H,11-14,16-17H2/p+1. The summed E-state index contributed by atoms with van der Waals surface area (Å²) in [7, 11) is 0. The van der Waals surface area contributed by atoms with Crippen LogP contribution in [0.1, 0.15) is 16.7 Å². The summed E-state index contributed by atoms with van der Waals surface area (Å²) in [6.45, 7) is 4.96. The van der Waals surface area contributed by atoms with Crippen LogP contribution < -0.4 is 9.80 Å². The fourth-order valence-corrected chi connectivity index (χ4v) is 4.55. The topological polar surface area (TPSA) is 7.68 Å². The molecule has 0 radical (unpaired) electrons. The van der Waals surface area contributed by atoms with Gasteiger partial charge in [-0.2, -0.15) is 0 Å². The lowest BCUT2D eigenvalue weighted by Gasteiger charge is -2.33. The fourth-order valence-electron chi connectivity index (χ4n) is 4.55. The minimum Gasteiger partial charge on any atom is -0.358 e. The van der Waals surface area contributed by atoms with E-state index < -0.39 is 0 Å². The normalized spacial score (nSPS) is 16.3. The Hall–Kier alpha value is -2.65. The maximum Gasteiger partial charge on any atom is 0.146 e. The Morgan fingerprint density at radius 2 is 1.56 bits per heavy atom. The van der Waals surface area contributed by atoms with E-state index in [-0.39, 0.29) is 5.82 Å². The van der Waals surface area contributed by atoms with E-state index in [4.69, 9.17) is 0 Å². The number of quaternary nitrogens is 1. The molecule has 3 aromatic carbocycles. The Morgan fingerprint density at radius 3 is 2.41 bits per heavy atom. The number of para-hydroxylation sites is 1. The van der Waals surface area contributed by atoms with Gasteiger partial charge in [-0.3, -0.25) is 0 Å².